The third-order valence-corrected chi connectivity index (χ3v) is 4.86. The van der Waals surface area contributed by atoms with Crippen molar-refractivity contribution in [2.75, 3.05) is 5.32 Å². The molecule has 3 heteroatoms. The summed E-state index contributed by atoms with van der Waals surface area (Å²) < 4.78 is 1.05. The Morgan fingerprint density at radius 2 is 2.05 bits per heavy atom. The molecular weight excluding hydrogens is 314 g/mol. The maximum absolute atomic E-state index is 10.6. The number of aliphatic hydroxyl groups excluding tert-OH is 1. The van der Waals surface area contributed by atoms with E-state index in [1.165, 1.54) is 11.1 Å². The van der Waals surface area contributed by atoms with E-state index in [4.69, 9.17) is 0 Å². The van der Waals surface area contributed by atoms with Gasteiger partial charge >= 0.3 is 0 Å². The number of anilines is 1. The smallest absolute Gasteiger partial charge is 0.0991 e. The lowest BCUT2D eigenvalue weighted by atomic mass is 9.91. The van der Waals surface area contributed by atoms with Gasteiger partial charge in [-0.15, -0.1) is 0 Å². The number of aryl methyl sites for hydroxylation is 2. The van der Waals surface area contributed by atoms with Crippen LogP contribution in [0.3, 0.4) is 0 Å². The largest absolute Gasteiger partial charge is 0.386 e. The highest BCUT2D eigenvalue weighted by Gasteiger charge is 2.25. The second kappa shape index (κ2) is 5.58. The van der Waals surface area contributed by atoms with Crippen molar-refractivity contribution in [3.8, 4) is 0 Å². The average Bonchev–Trinajstić information content (AvgIpc) is 2.49. The Bertz CT molecular complexity index is 626. The summed E-state index contributed by atoms with van der Waals surface area (Å²) in [5.74, 6) is 0. The highest BCUT2D eigenvalue weighted by Crippen LogP contribution is 2.31. The van der Waals surface area contributed by atoms with Gasteiger partial charge in [-0.1, -0.05) is 46.3 Å². The van der Waals surface area contributed by atoms with E-state index in [9.17, 15) is 5.11 Å². The number of para-hydroxylation sites is 1. The van der Waals surface area contributed by atoms with Crippen LogP contribution in [0, 0.1) is 6.92 Å². The van der Waals surface area contributed by atoms with Gasteiger partial charge in [0.25, 0.3) is 0 Å². The van der Waals surface area contributed by atoms with E-state index < -0.39 is 6.10 Å². The molecular formula is C17H18BrNO. The first-order valence-electron chi connectivity index (χ1n) is 6.94. The number of nitrogens with one attached hydrogen (secondary N) is 1. The van der Waals surface area contributed by atoms with Gasteiger partial charge in [0.2, 0.25) is 0 Å². The number of rotatable bonds is 2. The first-order valence-corrected chi connectivity index (χ1v) is 7.73. The molecule has 1 aliphatic rings. The summed E-state index contributed by atoms with van der Waals surface area (Å²) in [7, 11) is 0. The molecule has 0 saturated carbocycles. The van der Waals surface area contributed by atoms with Crippen molar-refractivity contribution >= 4 is 21.6 Å². The molecule has 20 heavy (non-hydrogen) atoms. The van der Waals surface area contributed by atoms with Crippen molar-refractivity contribution in [3.63, 3.8) is 0 Å². The fraction of sp³-hybridized carbons (Fsp3) is 0.294. The molecule has 3 rings (SSSR count). The van der Waals surface area contributed by atoms with E-state index in [1.54, 1.807) is 0 Å². The molecule has 1 aliphatic heterocycles. The van der Waals surface area contributed by atoms with Gasteiger partial charge in [-0.3, -0.25) is 0 Å². The molecule has 2 aromatic carbocycles. The van der Waals surface area contributed by atoms with E-state index >= 15 is 0 Å². The third-order valence-electron chi connectivity index (χ3n) is 4.00. The van der Waals surface area contributed by atoms with E-state index in [0.717, 1.165) is 28.6 Å². The van der Waals surface area contributed by atoms with E-state index in [0.29, 0.717) is 0 Å². The minimum atomic E-state index is -0.486. The van der Waals surface area contributed by atoms with E-state index in [-0.39, 0.29) is 6.04 Å². The van der Waals surface area contributed by atoms with Gasteiger partial charge < -0.3 is 10.4 Å². The van der Waals surface area contributed by atoms with Gasteiger partial charge in [-0.05, 0) is 48.6 Å². The number of hydrogen-bond donors (Lipinski definition) is 2. The second-order valence-electron chi connectivity index (χ2n) is 5.40. The van der Waals surface area contributed by atoms with Gasteiger partial charge in [0, 0.05) is 10.2 Å². The number of hydrogen-bond acceptors (Lipinski definition) is 2. The SMILES string of the molecule is Cc1ccc(C(O)C2CCc3ccccc3N2)cc1Br. The fourth-order valence-corrected chi connectivity index (χ4v) is 3.12. The highest BCUT2D eigenvalue weighted by atomic mass is 79.9. The molecule has 2 aromatic rings. The lowest BCUT2D eigenvalue weighted by Crippen LogP contribution is -2.31. The molecule has 0 amide bonds. The first-order chi connectivity index (χ1) is 9.65. The number of aliphatic hydroxyl groups is 1. The van der Waals surface area contributed by atoms with Crippen LogP contribution in [0.15, 0.2) is 46.9 Å². The van der Waals surface area contributed by atoms with Crippen LogP contribution in [0.2, 0.25) is 0 Å². The summed E-state index contributed by atoms with van der Waals surface area (Å²) in [4.78, 5) is 0. The zero-order chi connectivity index (χ0) is 14.1. The van der Waals surface area contributed by atoms with Crippen molar-refractivity contribution in [3.05, 3.63) is 63.6 Å². The standard InChI is InChI=1S/C17H18BrNO/c1-11-6-7-13(10-14(11)18)17(20)16-9-8-12-4-2-3-5-15(12)19-16/h2-7,10,16-17,19-20H,8-9H2,1H3. The van der Waals surface area contributed by atoms with Gasteiger partial charge in [-0.2, -0.15) is 0 Å². The second-order valence-corrected chi connectivity index (χ2v) is 6.25. The predicted molar refractivity (Wildman–Crippen MR) is 86.0 cm³/mol. The monoisotopic (exact) mass is 331 g/mol. The third kappa shape index (κ3) is 2.60. The number of fused-ring (bicyclic) bond motifs is 1. The van der Waals surface area contributed by atoms with Crippen LogP contribution in [-0.4, -0.2) is 11.1 Å². The van der Waals surface area contributed by atoms with Crippen LogP contribution in [-0.2, 0) is 6.42 Å². The molecule has 0 aromatic heterocycles. The van der Waals surface area contributed by atoms with Gasteiger partial charge in [0.05, 0.1) is 12.1 Å². The zero-order valence-electron chi connectivity index (χ0n) is 11.4. The molecule has 2 nitrogen and oxygen atoms in total. The quantitative estimate of drug-likeness (QED) is 0.863. The molecule has 2 atom stereocenters. The molecule has 0 spiro atoms. The fourth-order valence-electron chi connectivity index (χ4n) is 2.72. The van der Waals surface area contributed by atoms with Crippen LogP contribution >= 0.6 is 15.9 Å². The lowest BCUT2D eigenvalue weighted by molar-refractivity contribution is 0.149. The maximum atomic E-state index is 10.6. The summed E-state index contributed by atoms with van der Waals surface area (Å²) in [5.41, 5.74) is 4.62. The molecule has 2 N–H and O–H groups in total. The zero-order valence-corrected chi connectivity index (χ0v) is 13.0. The van der Waals surface area contributed by atoms with Crippen molar-refractivity contribution in [1.82, 2.24) is 0 Å². The minimum absolute atomic E-state index is 0.0690. The molecule has 0 bridgehead atoms. The van der Waals surface area contributed by atoms with Crippen molar-refractivity contribution < 1.29 is 5.11 Å². The van der Waals surface area contributed by atoms with Crippen molar-refractivity contribution in [2.24, 2.45) is 0 Å². The molecule has 1 heterocycles. The molecule has 0 aliphatic carbocycles. The van der Waals surface area contributed by atoms with Crippen LogP contribution in [0.25, 0.3) is 0 Å². The Labute approximate surface area is 128 Å². The Hall–Kier alpha value is -1.32. The van der Waals surface area contributed by atoms with E-state index in [2.05, 4.69) is 46.4 Å². The topological polar surface area (TPSA) is 32.3 Å². The van der Waals surface area contributed by atoms with Crippen molar-refractivity contribution in [1.29, 1.82) is 0 Å². The summed E-state index contributed by atoms with van der Waals surface area (Å²) in [6, 6.07) is 14.5. The maximum Gasteiger partial charge on any atom is 0.0991 e. The summed E-state index contributed by atoms with van der Waals surface area (Å²) >= 11 is 3.53. The predicted octanol–water partition coefficient (Wildman–Crippen LogP) is 4.22. The number of benzene rings is 2. The van der Waals surface area contributed by atoms with Crippen LogP contribution in [0.5, 0.6) is 0 Å². The van der Waals surface area contributed by atoms with Gasteiger partial charge in [0.15, 0.2) is 0 Å². The lowest BCUT2D eigenvalue weighted by Gasteiger charge is -2.31. The summed E-state index contributed by atoms with van der Waals surface area (Å²) in [5, 5.41) is 14.1. The molecule has 104 valence electrons. The van der Waals surface area contributed by atoms with Gasteiger partial charge in [-0.25, -0.2) is 0 Å². The Kier molecular flexibility index (Phi) is 3.81. The minimum Gasteiger partial charge on any atom is -0.386 e. The molecule has 0 saturated heterocycles. The highest BCUT2D eigenvalue weighted by molar-refractivity contribution is 9.10. The summed E-state index contributed by atoms with van der Waals surface area (Å²) in [6.07, 6.45) is 1.47. The number of halogens is 1. The van der Waals surface area contributed by atoms with Crippen LogP contribution in [0.4, 0.5) is 5.69 Å². The Morgan fingerprint density at radius 1 is 1.25 bits per heavy atom. The normalized spacial score (nSPS) is 19.1. The van der Waals surface area contributed by atoms with Crippen LogP contribution < -0.4 is 5.32 Å². The van der Waals surface area contributed by atoms with E-state index in [1.807, 2.05) is 24.3 Å². The molecule has 0 fully saturated rings. The average molecular weight is 332 g/mol. The molecule has 0 radical (unpaired) electrons. The first kappa shape index (κ1) is 13.7. The van der Waals surface area contributed by atoms with Crippen LogP contribution in [0.1, 0.15) is 29.2 Å². The molecule has 2 unspecified atom stereocenters. The summed E-state index contributed by atoms with van der Waals surface area (Å²) in [6.45, 7) is 2.05. The van der Waals surface area contributed by atoms with Crippen molar-refractivity contribution in [2.45, 2.75) is 31.9 Å². The Morgan fingerprint density at radius 3 is 2.85 bits per heavy atom. The Balaban J connectivity index is 1.82. The van der Waals surface area contributed by atoms with Gasteiger partial charge in [0.1, 0.15) is 0 Å².